The van der Waals surface area contributed by atoms with Crippen molar-refractivity contribution in [2.45, 2.75) is 64.3 Å². The minimum atomic E-state index is -0.381. The van der Waals surface area contributed by atoms with Crippen LogP contribution in [0.15, 0.2) is 0 Å². The van der Waals surface area contributed by atoms with Crippen molar-refractivity contribution in [2.24, 2.45) is 17.6 Å². The fourth-order valence-corrected chi connectivity index (χ4v) is 4.75. The van der Waals surface area contributed by atoms with Crippen LogP contribution in [0.4, 0.5) is 5.13 Å². The van der Waals surface area contributed by atoms with Crippen molar-refractivity contribution in [3.05, 3.63) is 10.6 Å². The maximum absolute atomic E-state index is 12.5. The highest BCUT2D eigenvalue weighted by molar-refractivity contribution is 7.15. The Balaban J connectivity index is 1.70. The van der Waals surface area contributed by atoms with Gasteiger partial charge in [0.15, 0.2) is 5.13 Å². The molecular formula is C16H25N3OS. The van der Waals surface area contributed by atoms with E-state index >= 15 is 0 Å². The average Bonchev–Trinajstić information content (AvgIpc) is 2.79. The number of aryl methyl sites for hydroxylation is 1. The first-order valence-electron chi connectivity index (χ1n) is 8.04. The molecule has 1 aromatic heterocycles. The fraction of sp³-hybridized carbons (Fsp3) is 0.750. The zero-order valence-corrected chi connectivity index (χ0v) is 13.8. The number of nitrogens with two attached hydrogens (primary N) is 1. The molecule has 2 aliphatic carbocycles. The SMILES string of the molecule is CC1CCc2nc(NC(=O)C3CCCCC3(C)N)sc2C1. The van der Waals surface area contributed by atoms with Gasteiger partial charge in [0.05, 0.1) is 11.6 Å². The van der Waals surface area contributed by atoms with Crippen LogP contribution in [-0.2, 0) is 17.6 Å². The number of anilines is 1. The van der Waals surface area contributed by atoms with E-state index in [1.165, 1.54) is 17.0 Å². The molecule has 0 radical (unpaired) electrons. The number of nitrogens with zero attached hydrogens (tertiary/aromatic N) is 1. The van der Waals surface area contributed by atoms with Crippen LogP contribution in [0.1, 0.15) is 56.5 Å². The van der Waals surface area contributed by atoms with Gasteiger partial charge in [-0.25, -0.2) is 4.98 Å². The molecule has 0 saturated heterocycles. The second-order valence-electron chi connectivity index (χ2n) is 7.03. The quantitative estimate of drug-likeness (QED) is 0.882. The molecule has 3 atom stereocenters. The van der Waals surface area contributed by atoms with Crippen molar-refractivity contribution in [3.63, 3.8) is 0 Å². The second kappa shape index (κ2) is 5.69. The Bertz CT molecular complexity index is 538. The van der Waals surface area contributed by atoms with E-state index in [-0.39, 0.29) is 17.4 Å². The molecule has 0 spiro atoms. The van der Waals surface area contributed by atoms with E-state index in [2.05, 4.69) is 17.2 Å². The number of fused-ring (bicyclic) bond motifs is 1. The topological polar surface area (TPSA) is 68.0 Å². The smallest absolute Gasteiger partial charge is 0.231 e. The lowest BCUT2D eigenvalue weighted by molar-refractivity contribution is -0.122. The molecular weight excluding hydrogens is 282 g/mol. The van der Waals surface area contributed by atoms with Gasteiger partial charge in [0.2, 0.25) is 5.91 Å². The van der Waals surface area contributed by atoms with Gasteiger partial charge in [0.1, 0.15) is 0 Å². The third kappa shape index (κ3) is 3.14. The van der Waals surface area contributed by atoms with Crippen LogP contribution >= 0.6 is 11.3 Å². The van der Waals surface area contributed by atoms with Crippen molar-refractivity contribution in [3.8, 4) is 0 Å². The molecule has 0 aliphatic heterocycles. The van der Waals surface area contributed by atoms with Gasteiger partial charge in [-0.1, -0.05) is 19.8 Å². The Labute approximate surface area is 130 Å². The summed E-state index contributed by atoms with van der Waals surface area (Å²) in [4.78, 5) is 18.5. The molecule has 1 fully saturated rings. The number of thiazole rings is 1. The normalized spacial score (nSPS) is 32.5. The minimum absolute atomic E-state index is 0.0545. The van der Waals surface area contributed by atoms with Gasteiger partial charge in [0, 0.05) is 10.4 Å². The predicted molar refractivity (Wildman–Crippen MR) is 86.5 cm³/mol. The second-order valence-corrected chi connectivity index (χ2v) is 8.11. The number of carbonyl (C=O) groups excluding carboxylic acids is 1. The lowest BCUT2D eigenvalue weighted by Gasteiger charge is -2.36. The molecule has 3 unspecified atom stereocenters. The summed E-state index contributed by atoms with van der Waals surface area (Å²) in [5.74, 6) is 0.692. The molecule has 2 aliphatic rings. The molecule has 0 aromatic carbocycles. The number of nitrogens with one attached hydrogen (secondary N) is 1. The monoisotopic (exact) mass is 307 g/mol. The maximum Gasteiger partial charge on any atom is 0.231 e. The van der Waals surface area contributed by atoms with Gasteiger partial charge in [-0.15, -0.1) is 11.3 Å². The maximum atomic E-state index is 12.5. The van der Waals surface area contributed by atoms with Gasteiger partial charge in [-0.3, -0.25) is 4.79 Å². The van der Waals surface area contributed by atoms with Crippen LogP contribution in [-0.4, -0.2) is 16.4 Å². The number of hydrogen-bond donors (Lipinski definition) is 2. The van der Waals surface area contributed by atoms with Crippen LogP contribution in [0.3, 0.4) is 0 Å². The number of aromatic nitrogens is 1. The van der Waals surface area contributed by atoms with E-state index in [4.69, 9.17) is 5.73 Å². The first-order chi connectivity index (χ1) is 9.95. The molecule has 1 heterocycles. The van der Waals surface area contributed by atoms with Crippen LogP contribution in [0.5, 0.6) is 0 Å². The number of carbonyl (C=O) groups is 1. The van der Waals surface area contributed by atoms with Crippen molar-refractivity contribution in [2.75, 3.05) is 5.32 Å². The Morgan fingerprint density at radius 2 is 2.24 bits per heavy atom. The van der Waals surface area contributed by atoms with Gasteiger partial charge >= 0.3 is 0 Å². The van der Waals surface area contributed by atoms with Crippen molar-refractivity contribution in [1.29, 1.82) is 0 Å². The zero-order chi connectivity index (χ0) is 15.0. The van der Waals surface area contributed by atoms with E-state index in [9.17, 15) is 4.79 Å². The Morgan fingerprint density at radius 3 is 3.00 bits per heavy atom. The highest BCUT2D eigenvalue weighted by Gasteiger charge is 2.38. The van der Waals surface area contributed by atoms with Crippen molar-refractivity contribution in [1.82, 2.24) is 4.98 Å². The lowest BCUT2D eigenvalue weighted by atomic mass is 9.74. The minimum Gasteiger partial charge on any atom is -0.325 e. The third-order valence-electron chi connectivity index (χ3n) is 4.99. The van der Waals surface area contributed by atoms with E-state index in [0.29, 0.717) is 0 Å². The summed E-state index contributed by atoms with van der Waals surface area (Å²) in [5, 5.41) is 3.79. The molecule has 1 amide bonds. The lowest BCUT2D eigenvalue weighted by Crippen LogP contribution is -2.51. The molecule has 1 saturated carbocycles. The molecule has 4 nitrogen and oxygen atoms in total. The van der Waals surface area contributed by atoms with Crippen LogP contribution in [0, 0.1) is 11.8 Å². The summed E-state index contributed by atoms with van der Waals surface area (Å²) in [6.45, 7) is 4.29. The van der Waals surface area contributed by atoms with Gasteiger partial charge in [0.25, 0.3) is 0 Å². The van der Waals surface area contributed by atoms with Gasteiger partial charge in [-0.05, 0) is 44.9 Å². The predicted octanol–water partition coefficient (Wildman–Crippen LogP) is 3.11. The molecule has 0 bridgehead atoms. The van der Waals surface area contributed by atoms with E-state index in [1.54, 1.807) is 11.3 Å². The summed E-state index contributed by atoms with van der Waals surface area (Å²) in [7, 11) is 0. The fourth-order valence-electron chi connectivity index (χ4n) is 3.57. The van der Waals surface area contributed by atoms with Crippen molar-refractivity contribution >= 4 is 22.4 Å². The van der Waals surface area contributed by atoms with Crippen LogP contribution in [0.2, 0.25) is 0 Å². The molecule has 21 heavy (non-hydrogen) atoms. The van der Waals surface area contributed by atoms with Crippen LogP contribution < -0.4 is 11.1 Å². The van der Waals surface area contributed by atoms with Crippen molar-refractivity contribution < 1.29 is 4.79 Å². The molecule has 1 aromatic rings. The third-order valence-corrected chi connectivity index (χ3v) is 6.02. The first kappa shape index (κ1) is 15.0. The summed E-state index contributed by atoms with van der Waals surface area (Å²) in [5.41, 5.74) is 7.12. The molecule has 3 N–H and O–H groups in total. The van der Waals surface area contributed by atoms with Crippen LogP contribution in [0.25, 0.3) is 0 Å². The summed E-state index contributed by atoms with van der Waals surface area (Å²) < 4.78 is 0. The summed E-state index contributed by atoms with van der Waals surface area (Å²) in [6.07, 6.45) is 7.38. The summed E-state index contributed by atoms with van der Waals surface area (Å²) in [6, 6.07) is 0. The number of amides is 1. The van der Waals surface area contributed by atoms with E-state index in [0.717, 1.165) is 49.6 Å². The number of hydrogen-bond acceptors (Lipinski definition) is 4. The average molecular weight is 307 g/mol. The molecule has 5 heteroatoms. The van der Waals surface area contributed by atoms with Gasteiger partial charge < -0.3 is 11.1 Å². The highest BCUT2D eigenvalue weighted by atomic mass is 32.1. The first-order valence-corrected chi connectivity index (χ1v) is 8.85. The largest absolute Gasteiger partial charge is 0.325 e. The van der Waals surface area contributed by atoms with E-state index in [1.807, 2.05) is 6.92 Å². The Kier molecular flexibility index (Phi) is 4.06. The standard InChI is InChI=1S/C16H25N3OS/c1-10-6-7-12-13(9-10)21-15(18-12)19-14(20)11-5-3-4-8-16(11,2)17/h10-11H,3-9,17H2,1-2H3,(H,18,19,20). The molecule has 3 rings (SSSR count). The Morgan fingerprint density at radius 1 is 1.43 bits per heavy atom. The van der Waals surface area contributed by atoms with Gasteiger partial charge in [-0.2, -0.15) is 0 Å². The zero-order valence-electron chi connectivity index (χ0n) is 12.9. The summed E-state index contributed by atoms with van der Waals surface area (Å²) >= 11 is 1.65. The highest BCUT2D eigenvalue weighted by Crippen LogP contribution is 2.35. The Hall–Kier alpha value is -0.940. The van der Waals surface area contributed by atoms with E-state index < -0.39 is 0 Å². The number of rotatable bonds is 2. The molecule has 116 valence electrons.